The fourth-order valence-electron chi connectivity index (χ4n) is 3.69. The summed E-state index contributed by atoms with van der Waals surface area (Å²) in [6.45, 7) is 2.64. The Morgan fingerprint density at radius 2 is 1.92 bits per heavy atom. The van der Waals surface area contributed by atoms with Crippen LogP contribution in [-0.2, 0) is 16.1 Å². The summed E-state index contributed by atoms with van der Waals surface area (Å²) in [5, 5.41) is 3.27. The van der Waals surface area contributed by atoms with Gasteiger partial charge >= 0.3 is 0 Å². The number of benzene rings is 1. The van der Waals surface area contributed by atoms with Crippen LogP contribution < -0.4 is 10.1 Å². The van der Waals surface area contributed by atoms with Crippen molar-refractivity contribution in [1.29, 1.82) is 0 Å². The Balaban J connectivity index is 1.55. The molecule has 0 aromatic heterocycles. The topological polar surface area (TPSA) is 61.9 Å². The van der Waals surface area contributed by atoms with Crippen LogP contribution in [0.5, 0.6) is 5.75 Å². The van der Waals surface area contributed by atoms with Gasteiger partial charge in [0, 0.05) is 38.6 Å². The summed E-state index contributed by atoms with van der Waals surface area (Å²) in [6, 6.07) is 8.21. The molecule has 1 unspecified atom stereocenters. The van der Waals surface area contributed by atoms with E-state index in [1.807, 2.05) is 36.2 Å². The van der Waals surface area contributed by atoms with E-state index in [9.17, 15) is 9.59 Å². The van der Waals surface area contributed by atoms with Crippen molar-refractivity contribution in [3.8, 4) is 5.75 Å². The van der Waals surface area contributed by atoms with Gasteiger partial charge in [-0.15, -0.1) is 0 Å². The number of rotatable bonds is 5. The lowest BCUT2D eigenvalue weighted by Gasteiger charge is -2.33. The summed E-state index contributed by atoms with van der Waals surface area (Å²) in [6.07, 6.45) is 2.30. The predicted molar refractivity (Wildman–Crippen MR) is 95.2 cm³/mol. The minimum atomic E-state index is -0.197. The fourth-order valence-corrected chi connectivity index (χ4v) is 3.69. The van der Waals surface area contributed by atoms with E-state index in [0.717, 1.165) is 37.2 Å². The lowest BCUT2D eigenvalue weighted by molar-refractivity contribution is -0.136. The molecule has 136 valence electrons. The van der Waals surface area contributed by atoms with Gasteiger partial charge in [-0.25, -0.2) is 0 Å². The molecule has 2 fully saturated rings. The number of ether oxygens (including phenoxy) is 1. The van der Waals surface area contributed by atoms with Crippen molar-refractivity contribution in [3.63, 3.8) is 0 Å². The highest BCUT2D eigenvalue weighted by molar-refractivity contribution is 5.89. The molecule has 2 saturated heterocycles. The molecule has 0 bridgehead atoms. The first kappa shape index (κ1) is 17.7. The molecule has 3 rings (SSSR count). The Hall–Kier alpha value is -2.08. The van der Waals surface area contributed by atoms with Crippen LogP contribution >= 0.6 is 0 Å². The largest absolute Gasteiger partial charge is 0.497 e. The number of methoxy groups -OCH3 is 1. The smallest absolute Gasteiger partial charge is 0.227 e. The number of hydrogen-bond donors (Lipinski definition) is 1. The second-order valence-electron chi connectivity index (χ2n) is 6.91. The second-order valence-corrected chi connectivity index (χ2v) is 6.91. The van der Waals surface area contributed by atoms with E-state index in [-0.39, 0.29) is 17.7 Å². The summed E-state index contributed by atoms with van der Waals surface area (Å²) in [5.41, 5.74) is 1.05. The minimum absolute atomic E-state index is 0.0688. The first-order valence-electron chi connectivity index (χ1n) is 8.97. The van der Waals surface area contributed by atoms with E-state index in [4.69, 9.17) is 4.74 Å². The SMILES string of the molecule is CNC1CCN(C(=O)C2CC(=O)N(Cc3ccc(OC)cc3)C2)CC1. The fraction of sp³-hybridized carbons (Fsp3) is 0.579. The molecule has 2 aliphatic heterocycles. The molecule has 6 nitrogen and oxygen atoms in total. The summed E-state index contributed by atoms with van der Waals surface area (Å²) >= 11 is 0. The normalized spacial score (nSPS) is 21.7. The molecular formula is C19H27N3O3. The van der Waals surface area contributed by atoms with Gasteiger partial charge in [-0.1, -0.05) is 12.1 Å². The molecule has 1 aromatic carbocycles. The standard InChI is InChI=1S/C19H27N3O3/c1-20-16-7-9-21(10-8-16)19(24)15-11-18(23)22(13-15)12-14-3-5-17(25-2)6-4-14/h3-6,15-16,20H,7-13H2,1-2H3. The van der Waals surface area contributed by atoms with Gasteiger partial charge < -0.3 is 19.9 Å². The lowest BCUT2D eigenvalue weighted by Crippen LogP contribution is -2.46. The third kappa shape index (κ3) is 4.12. The molecule has 2 amide bonds. The van der Waals surface area contributed by atoms with Gasteiger partial charge in [-0.3, -0.25) is 9.59 Å². The number of hydrogen-bond acceptors (Lipinski definition) is 4. The maximum Gasteiger partial charge on any atom is 0.227 e. The number of nitrogens with zero attached hydrogens (tertiary/aromatic N) is 2. The molecule has 2 heterocycles. The van der Waals surface area contributed by atoms with E-state index < -0.39 is 0 Å². The van der Waals surface area contributed by atoms with Crippen molar-refractivity contribution in [1.82, 2.24) is 15.1 Å². The summed E-state index contributed by atoms with van der Waals surface area (Å²) in [4.78, 5) is 28.8. The maximum absolute atomic E-state index is 12.7. The van der Waals surface area contributed by atoms with Crippen molar-refractivity contribution in [3.05, 3.63) is 29.8 Å². The highest BCUT2D eigenvalue weighted by Crippen LogP contribution is 2.24. The van der Waals surface area contributed by atoms with E-state index in [2.05, 4.69) is 5.32 Å². The van der Waals surface area contributed by atoms with Crippen LogP contribution in [-0.4, -0.2) is 61.4 Å². The zero-order valence-electron chi connectivity index (χ0n) is 15.0. The molecular weight excluding hydrogens is 318 g/mol. The van der Waals surface area contributed by atoms with E-state index in [0.29, 0.717) is 25.6 Å². The average molecular weight is 345 g/mol. The van der Waals surface area contributed by atoms with Gasteiger partial charge in [0.25, 0.3) is 0 Å². The molecule has 0 spiro atoms. The average Bonchev–Trinajstić information content (AvgIpc) is 3.02. The predicted octanol–water partition coefficient (Wildman–Crippen LogP) is 1.25. The van der Waals surface area contributed by atoms with Crippen LogP contribution in [0.15, 0.2) is 24.3 Å². The number of nitrogens with one attached hydrogen (secondary N) is 1. The van der Waals surface area contributed by atoms with Crippen molar-refractivity contribution in [2.24, 2.45) is 5.92 Å². The molecule has 1 aromatic rings. The molecule has 0 saturated carbocycles. The van der Waals surface area contributed by atoms with Crippen LogP contribution in [0.2, 0.25) is 0 Å². The molecule has 1 atom stereocenters. The van der Waals surface area contributed by atoms with E-state index in [1.165, 1.54) is 0 Å². The van der Waals surface area contributed by atoms with Gasteiger partial charge in [0.1, 0.15) is 5.75 Å². The molecule has 25 heavy (non-hydrogen) atoms. The van der Waals surface area contributed by atoms with E-state index >= 15 is 0 Å². The summed E-state index contributed by atoms with van der Waals surface area (Å²) in [7, 11) is 3.60. The Bertz CT molecular complexity index is 609. The van der Waals surface area contributed by atoms with Crippen molar-refractivity contribution in [2.75, 3.05) is 33.8 Å². The van der Waals surface area contributed by atoms with Crippen LogP contribution in [0.3, 0.4) is 0 Å². The second kappa shape index (κ2) is 7.87. The Kier molecular flexibility index (Phi) is 5.58. The lowest BCUT2D eigenvalue weighted by atomic mass is 10.0. The summed E-state index contributed by atoms with van der Waals surface area (Å²) in [5.74, 6) is 0.811. The molecule has 6 heteroatoms. The number of piperidine rings is 1. The minimum Gasteiger partial charge on any atom is -0.497 e. The monoisotopic (exact) mass is 345 g/mol. The quantitative estimate of drug-likeness (QED) is 0.873. The summed E-state index contributed by atoms with van der Waals surface area (Å²) < 4.78 is 5.16. The number of carbonyl (C=O) groups excluding carboxylic acids is 2. The molecule has 1 N–H and O–H groups in total. The number of carbonyl (C=O) groups is 2. The van der Waals surface area contributed by atoms with Crippen LogP contribution in [0.25, 0.3) is 0 Å². The van der Waals surface area contributed by atoms with Crippen molar-refractivity contribution >= 4 is 11.8 Å². The van der Waals surface area contributed by atoms with Gasteiger partial charge in [-0.05, 0) is 37.6 Å². The molecule has 2 aliphatic rings. The Labute approximate surface area is 149 Å². The Morgan fingerprint density at radius 3 is 2.52 bits per heavy atom. The number of amides is 2. The zero-order valence-corrected chi connectivity index (χ0v) is 15.0. The van der Waals surface area contributed by atoms with Gasteiger partial charge in [0.2, 0.25) is 11.8 Å². The van der Waals surface area contributed by atoms with Crippen LogP contribution in [0.1, 0.15) is 24.8 Å². The third-order valence-corrected chi connectivity index (χ3v) is 5.31. The molecule has 0 aliphatic carbocycles. The van der Waals surface area contributed by atoms with E-state index in [1.54, 1.807) is 12.0 Å². The number of likely N-dealkylation sites (tertiary alicyclic amines) is 2. The van der Waals surface area contributed by atoms with Gasteiger partial charge in [-0.2, -0.15) is 0 Å². The van der Waals surface area contributed by atoms with Crippen molar-refractivity contribution < 1.29 is 14.3 Å². The van der Waals surface area contributed by atoms with Gasteiger partial charge in [0.05, 0.1) is 13.0 Å². The maximum atomic E-state index is 12.7. The van der Waals surface area contributed by atoms with Crippen molar-refractivity contribution in [2.45, 2.75) is 31.8 Å². The first-order chi connectivity index (χ1) is 12.1. The molecule has 0 radical (unpaired) electrons. The third-order valence-electron chi connectivity index (χ3n) is 5.31. The highest BCUT2D eigenvalue weighted by atomic mass is 16.5. The van der Waals surface area contributed by atoms with Crippen LogP contribution in [0.4, 0.5) is 0 Å². The van der Waals surface area contributed by atoms with Crippen LogP contribution in [0, 0.1) is 5.92 Å². The first-order valence-corrected chi connectivity index (χ1v) is 8.97. The Morgan fingerprint density at radius 1 is 1.24 bits per heavy atom. The zero-order chi connectivity index (χ0) is 17.8. The van der Waals surface area contributed by atoms with Gasteiger partial charge in [0.15, 0.2) is 0 Å². The highest BCUT2D eigenvalue weighted by Gasteiger charge is 2.37.